The quantitative estimate of drug-likeness (QED) is 0.901. The maximum absolute atomic E-state index is 11.9. The maximum Gasteiger partial charge on any atom is 0.254 e. The van der Waals surface area contributed by atoms with Crippen molar-refractivity contribution in [2.24, 2.45) is 0 Å². The summed E-state index contributed by atoms with van der Waals surface area (Å²) in [5, 5.41) is 10.4. The number of anilines is 1. The summed E-state index contributed by atoms with van der Waals surface area (Å²) in [4.78, 5) is 11.9. The van der Waals surface area contributed by atoms with Gasteiger partial charge < -0.3 is 15.4 Å². The molecule has 1 aliphatic rings. The molecule has 112 valence electrons. The predicted molar refractivity (Wildman–Crippen MR) is 80.9 cm³/mol. The first-order valence-corrected chi connectivity index (χ1v) is 7.24. The van der Waals surface area contributed by atoms with Crippen LogP contribution in [0, 0.1) is 0 Å². The third kappa shape index (κ3) is 2.58. The third-order valence-electron chi connectivity index (χ3n) is 4.00. The molecule has 0 saturated carbocycles. The summed E-state index contributed by atoms with van der Waals surface area (Å²) in [6.07, 6.45) is 3.79. The number of fused-ring (bicyclic) bond motifs is 1. The minimum atomic E-state index is -0.121. The molecule has 3 heterocycles. The molecule has 6 heteroatoms. The van der Waals surface area contributed by atoms with Gasteiger partial charge in [0.15, 0.2) is 0 Å². The second-order valence-electron chi connectivity index (χ2n) is 5.26. The van der Waals surface area contributed by atoms with Crippen molar-refractivity contribution < 1.29 is 9.53 Å². The fourth-order valence-electron chi connectivity index (χ4n) is 2.77. The van der Waals surface area contributed by atoms with Gasteiger partial charge in [-0.05, 0) is 25.0 Å². The van der Waals surface area contributed by atoms with Gasteiger partial charge in [-0.25, -0.2) is 4.52 Å². The van der Waals surface area contributed by atoms with Crippen LogP contribution in [-0.4, -0.2) is 42.8 Å². The number of nitrogens with zero attached hydrogens (tertiary/aromatic N) is 2. The lowest BCUT2D eigenvalue weighted by Gasteiger charge is -2.19. The van der Waals surface area contributed by atoms with E-state index in [-0.39, 0.29) is 5.91 Å². The predicted octanol–water partition coefficient (Wildman–Crippen LogP) is 1.63. The van der Waals surface area contributed by atoms with E-state index in [2.05, 4.69) is 21.8 Å². The van der Waals surface area contributed by atoms with Gasteiger partial charge in [-0.15, -0.1) is 0 Å². The van der Waals surface area contributed by atoms with Gasteiger partial charge in [0.1, 0.15) is 0 Å². The summed E-state index contributed by atoms with van der Waals surface area (Å²) in [5.74, 6) is 0.324. The van der Waals surface area contributed by atoms with Crippen LogP contribution in [-0.2, 0) is 4.74 Å². The van der Waals surface area contributed by atoms with Crippen LogP contribution >= 0.6 is 0 Å². The Morgan fingerprint density at radius 2 is 2.10 bits per heavy atom. The van der Waals surface area contributed by atoms with Crippen LogP contribution in [0.5, 0.6) is 0 Å². The summed E-state index contributed by atoms with van der Waals surface area (Å²) in [7, 11) is 3.44. The molecule has 1 fully saturated rings. The van der Waals surface area contributed by atoms with E-state index in [4.69, 9.17) is 4.74 Å². The van der Waals surface area contributed by atoms with E-state index < -0.39 is 0 Å². The second-order valence-corrected chi connectivity index (χ2v) is 5.26. The van der Waals surface area contributed by atoms with Gasteiger partial charge in [-0.1, -0.05) is 0 Å². The molecule has 0 atom stereocenters. The fraction of sp³-hybridized carbons (Fsp3) is 0.467. The smallest absolute Gasteiger partial charge is 0.254 e. The molecule has 1 aliphatic heterocycles. The Bertz CT molecular complexity index is 659. The van der Waals surface area contributed by atoms with Gasteiger partial charge in [0.05, 0.1) is 22.5 Å². The standard InChI is InChI=1S/C15H20N4O2/c1-16-14-8-11-7-13(10-3-5-21-6-4-10)18-19(11)9-12(14)15(20)17-2/h7-10,16H,3-6H2,1-2H3,(H,17,20). The van der Waals surface area contributed by atoms with Crippen molar-refractivity contribution in [2.75, 3.05) is 32.6 Å². The van der Waals surface area contributed by atoms with Crippen LogP contribution < -0.4 is 10.6 Å². The van der Waals surface area contributed by atoms with Crippen molar-refractivity contribution in [1.29, 1.82) is 0 Å². The highest BCUT2D eigenvalue weighted by Gasteiger charge is 2.20. The van der Waals surface area contributed by atoms with E-state index in [0.717, 1.165) is 43.0 Å². The average molecular weight is 288 g/mol. The lowest BCUT2D eigenvalue weighted by Crippen LogP contribution is -2.20. The molecule has 6 nitrogen and oxygen atoms in total. The van der Waals surface area contributed by atoms with E-state index in [9.17, 15) is 4.79 Å². The molecule has 21 heavy (non-hydrogen) atoms. The van der Waals surface area contributed by atoms with Gasteiger partial charge in [-0.2, -0.15) is 5.10 Å². The Morgan fingerprint density at radius 1 is 1.33 bits per heavy atom. The molecule has 0 bridgehead atoms. The van der Waals surface area contributed by atoms with E-state index in [1.165, 1.54) is 0 Å². The summed E-state index contributed by atoms with van der Waals surface area (Å²) in [5.41, 5.74) is 3.47. The molecule has 0 spiro atoms. The lowest BCUT2D eigenvalue weighted by atomic mass is 9.97. The molecule has 1 saturated heterocycles. The number of ether oxygens (including phenoxy) is 1. The largest absolute Gasteiger partial charge is 0.387 e. The van der Waals surface area contributed by atoms with E-state index in [1.807, 2.05) is 13.1 Å². The van der Waals surface area contributed by atoms with Crippen LogP contribution in [0.1, 0.15) is 34.8 Å². The zero-order chi connectivity index (χ0) is 14.8. The second kappa shape index (κ2) is 5.73. The summed E-state index contributed by atoms with van der Waals surface area (Å²) in [6.45, 7) is 1.59. The highest BCUT2D eigenvalue weighted by Crippen LogP contribution is 2.28. The Morgan fingerprint density at radius 3 is 2.76 bits per heavy atom. The number of carbonyl (C=O) groups is 1. The average Bonchev–Trinajstić information content (AvgIpc) is 2.96. The monoisotopic (exact) mass is 288 g/mol. The number of carbonyl (C=O) groups excluding carboxylic acids is 1. The molecular weight excluding hydrogens is 268 g/mol. The Hall–Kier alpha value is -2.08. The van der Waals surface area contributed by atoms with E-state index in [0.29, 0.717) is 11.5 Å². The first-order valence-electron chi connectivity index (χ1n) is 7.24. The Balaban J connectivity index is 2.02. The van der Waals surface area contributed by atoms with E-state index in [1.54, 1.807) is 17.8 Å². The Kier molecular flexibility index (Phi) is 3.79. The minimum Gasteiger partial charge on any atom is -0.387 e. The van der Waals surface area contributed by atoms with E-state index >= 15 is 0 Å². The maximum atomic E-state index is 11.9. The first-order chi connectivity index (χ1) is 10.2. The van der Waals surface area contributed by atoms with Gasteiger partial charge in [0.25, 0.3) is 5.91 Å². The number of amides is 1. The van der Waals surface area contributed by atoms with Crippen molar-refractivity contribution in [2.45, 2.75) is 18.8 Å². The SMILES string of the molecule is CNC(=O)c1cn2nc(C3CCOCC3)cc2cc1NC. The van der Waals surface area contributed by atoms with Crippen molar-refractivity contribution in [3.05, 3.63) is 29.6 Å². The highest BCUT2D eigenvalue weighted by atomic mass is 16.5. The molecule has 0 aromatic carbocycles. The lowest BCUT2D eigenvalue weighted by molar-refractivity contribution is 0.0844. The summed E-state index contributed by atoms with van der Waals surface area (Å²) in [6, 6.07) is 4.06. The molecule has 2 aromatic heterocycles. The van der Waals surface area contributed by atoms with Crippen LogP contribution in [0.2, 0.25) is 0 Å². The third-order valence-corrected chi connectivity index (χ3v) is 4.00. The zero-order valence-electron chi connectivity index (χ0n) is 12.3. The molecule has 2 N–H and O–H groups in total. The number of hydrogen-bond donors (Lipinski definition) is 2. The molecule has 3 rings (SSSR count). The van der Waals surface area contributed by atoms with Crippen molar-refractivity contribution in [3.63, 3.8) is 0 Å². The summed E-state index contributed by atoms with van der Waals surface area (Å²) < 4.78 is 7.19. The Labute approximate surface area is 123 Å². The van der Waals surface area contributed by atoms with Crippen molar-refractivity contribution in [3.8, 4) is 0 Å². The zero-order valence-corrected chi connectivity index (χ0v) is 12.3. The number of nitrogens with one attached hydrogen (secondary N) is 2. The molecule has 2 aromatic rings. The molecule has 0 unspecified atom stereocenters. The fourth-order valence-corrected chi connectivity index (χ4v) is 2.77. The number of rotatable bonds is 3. The number of hydrogen-bond acceptors (Lipinski definition) is 4. The number of pyridine rings is 1. The van der Waals surface area contributed by atoms with Gasteiger partial charge >= 0.3 is 0 Å². The van der Waals surface area contributed by atoms with Gasteiger partial charge in [0.2, 0.25) is 0 Å². The molecular formula is C15H20N4O2. The van der Waals surface area contributed by atoms with Gasteiger partial charge in [-0.3, -0.25) is 4.79 Å². The van der Waals surface area contributed by atoms with Crippen LogP contribution in [0.15, 0.2) is 18.3 Å². The summed E-state index contributed by atoms with van der Waals surface area (Å²) >= 11 is 0. The van der Waals surface area contributed by atoms with Crippen LogP contribution in [0.25, 0.3) is 5.52 Å². The van der Waals surface area contributed by atoms with Crippen molar-refractivity contribution in [1.82, 2.24) is 14.9 Å². The van der Waals surface area contributed by atoms with Gasteiger partial charge in [0, 0.05) is 39.4 Å². The first kappa shape index (κ1) is 13.9. The normalized spacial score (nSPS) is 16.1. The molecule has 0 radical (unpaired) electrons. The van der Waals surface area contributed by atoms with Crippen LogP contribution in [0.4, 0.5) is 5.69 Å². The minimum absolute atomic E-state index is 0.121. The molecule has 1 amide bonds. The number of aromatic nitrogens is 2. The van der Waals surface area contributed by atoms with Crippen molar-refractivity contribution >= 4 is 17.1 Å². The highest BCUT2D eigenvalue weighted by molar-refractivity contribution is 5.99. The topological polar surface area (TPSA) is 67.7 Å². The molecule has 0 aliphatic carbocycles. The van der Waals surface area contributed by atoms with Crippen LogP contribution in [0.3, 0.4) is 0 Å².